The van der Waals surface area contributed by atoms with Crippen LogP contribution in [0.15, 0.2) is 12.4 Å². The zero-order chi connectivity index (χ0) is 13.0. The highest BCUT2D eigenvalue weighted by atomic mass is 15.2. The van der Waals surface area contributed by atoms with Crippen molar-refractivity contribution in [2.75, 3.05) is 39.3 Å². The van der Waals surface area contributed by atoms with Gasteiger partial charge in [0.15, 0.2) is 0 Å². The highest BCUT2D eigenvalue weighted by Crippen LogP contribution is 2.19. The standard InChI is InChI=1S/C15H29N3/c1-4-16-7-5-15(6-8-16)13-17-9-11-18(12-10-17)14(2)3/h9,11,14-15H,4-8,10,12-13H2,1-3H3. The number of nitrogens with zero attached hydrogens (tertiary/aromatic N) is 3. The predicted molar refractivity (Wildman–Crippen MR) is 77.4 cm³/mol. The first kappa shape index (κ1) is 13.7. The summed E-state index contributed by atoms with van der Waals surface area (Å²) in [4.78, 5) is 7.52. The van der Waals surface area contributed by atoms with Gasteiger partial charge in [-0.05, 0) is 52.2 Å². The molecule has 0 radical (unpaired) electrons. The molecule has 0 aliphatic carbocycles. The monoisotopic (exact) mass is 251 g/mol. The zero-order valence-corrected chi connectivity index (χ0v) is 12.3. The van der Waals surface area contributed by atoms with Crippen LogP contribution < -0.4 is 0 Å². The third kappa shape index (κ3) is 3.64. The van der Waals surface area contributed by atoms with Gasteiger partial charge in [-0.3, -0.25) is 0 Å². The molecule has 1 saturated heterocycles. The molecule has 3 nitrogen and oxygen atoms in total. The fraction of sp³-hybridized carbons (Fsp3) is 0.867. The summed E-state index contributed by atoms with van der Waals surface area (Å²) in [6.07, 6.45) is 7.34. The van der Waals surface area contributed by atoms with E-state index in [1.807, 2.05) is 0 Å². The molecule has 0 bridgehead atoms. The summed E-state index contributed by atoms with van der Waals surface area (Å²) in [5.41, 5.74) is 0. The Labute approximate surface area is 112 Å². The van der Waals surface area contributed by atoms with Crippen LogP contribution in [0.25, 0.3) is 0 Å². The maximum absolute atomic E-state index is 2.57. The predicted octanol–water partition coefficient (Wildman–Crippen LogP) is 2.22. The van der Waals surface area contributed by atoms with Gasteiger partial charge < -0.3 is 14.7 Å². The van der Waals surface area contributed by atoms with Crippen LogP contribution >= 0.6 is 0 Å². The van der Waals surface area contributed by atoms with Crippen molar-refractivity contribution in [2.45, 2.75) is 39.7 Å². The number of rotatable bonds is 4. The Morgan fingerprint density at radius 1 is 1.06 bits per heavy atom. The molecule has 0 amide bonds. The van der Waals surface area contributed by atoms with Crippen molar-refractivity contribution in [1.29, 1.82) is 0 Å². The van der Waals surface area contributed by atoms with E-state index >= 15 is 0 Å². The molecule has 0 aromatic heterocycles. The molecule has 0 N–H and O–H groups in total. The van der Waals surface area contributed by atoms with Crippen molar-refractivity contribution < 1.29 is 0 Å². The molecular weight excluding hydrogens is 222 g/mol. The number of likely N-dealkylation sites (tertiary alicyclic amines) is 1. The smallest absolute Gasteiger partial charge is 0.0351 e. The average Bonchev–Trinajstić information content (AvgIpc) is 2.40. The van der Waals surface area contributed by atoms with E-state index in [2.05, 4.69) is 47.9 Å². The van der Waals surface area contributed by atoms with E-state index in [9.17, 15) is 0 Å². The van der Waals surface area contributed by atoms with Crippen molar-refractivity contribution in [3.8, 4) is 0 Å². The Morgan fingerprint density at radius 2 is 1.78 bits per heavy atom. The van der Waals surface area contributed by atoms with Crippen LogP contribution in [-0.2, 0) is 0 Å². The lowest BCUT2D eigenvalue weighted by Gasteiger charge is -2.37. The summed E-state index contributed by atoms with van der Waals surface area (Å²) in [5, 5.41) is 0. The van der Waals surface area contributed by atoms with Crippen LogP contribution in [0.1, 0.15) is 33.6 Å². The molecule has 2 heterocycles. The van der Waals surface area contributed by atoms with E-state index in [1.165, 1.54) is 52.1 Å². The summed E-state index contributed by atoms with van der Waals surface area (Å²) < 4.78 is 0. The van der Waals surface area contributed by atoms with Gasteiger partial charge >= 0.3 is 0 Å². The lowest BCUT2D eigenvalue weighted by atomic mass is 9.96. The van der Waals surface area contributed by atoms with Crippen LogP contribution in [0.4, 0.5) is 0 Å². The third-order valence-corrected chi connectivity index (χ3v) is 4.42. The van der Waals surface area contributed by atoms with E-state index < -0.39 is 0 Å². The molecule has 0 spiro atoms. The molecule has 0 atom stereocenters. The molecule has 0 aromatic carbocycles. The molecule has 2 rings (SSSR count). The largest absolute Gasteiger partial charge is 0.374 e. The molecule has 2 aliphatic rings. The Morgan fingerprint density at radius 3 is 2.28 bits per heavy atom. The molecule has 0 unspecified atom stereocenters. The maximum atomic E-state index is 2.57. The average molecular weight is 251 g/mol. The number of hydrogen-bond donors (Lipinski definition) is 0. The van der Waals surface area contributed by atoms with Crippen LogP contribution in [0, 0.1) is 5.92 Å². The fourth-order valence-corrected chi connectivity index (χ4v) is 2.97. The Hall–Kier alpha value is -0.700. The lowest BCUT2D eigenvalue weighted by Crippen LogP contribution is -2.42. The quantitative estimate of drug-likeness (QED) is 0.758. The van der Waals surface area contributed by atoms with Crippen LogP contribution in [0.5, 0.6) is 0 Å². The van der Waals surface area contributed by atoms with Crippen molar-refractivity contribution in [2.24, 2.45) is 5.92 Å². The Bertz CT molecular complexity index is 267. The van der Waals surface area contributed by atoms with Crippen LogP contribution in [0.2, 0.25) is 0 Å². The minimum absolute atomic E-state index is 0.635. The molecule has 3 heteroatoms. The zero-order valence-electron chi connectivity index (χ0n) is 12.3. The second kappa shape index (κ2) is 6.46. The van der Waals surface area contributed by atoms with Gasteiger partial charge in [0, 0.05) is 38.1 Å². The van der Waals surface area contributed by atoms with E-state index in [1.54, 1.807) is 0 Å². The third-order valence-electron chi connectivity index (χ3n) is 4.42. The fourth-order valence-electron chi connectivity index (χ4n) is 2.97. The van der Waals surface area contributed by atoms with Gasteiger partial charge in [0.25, 0.3) is 0 Å². The van der Waals surface area contributed by atoms with Gasteiger partial charge in [-0.2, -0.15) is 0 Å². The molecule has 0 aromatic rings. The highest BCUT2D eigenvalue weighted by Gasteiger charge is 2.21. The summed E-state index contributed by atoms with van der Waals surface area (Å²) in [5.74, 6) is 0.906. The number of piperidine rings is 1. The SMILES string of the molecule is CCN1CCC(CN2C=CN(C(C)C)CC2)CC1. The second-order valence-electron chi connectivity index (χ2n) is 6.00. The second-order valence-corrected chi connectivity index (χ2v) is 6.00. The normalized spacial score (nSPS) is 23.1. The lowest BCUT2D eigenvalue weighted by molar-refractivity contribution is 0.152. The molecule has 18 heavy (non-hydrogen) atoms. The van der Waals surface area contributed by atoms with E-state index in [-0.39, 0.29) is 0 Å². The van der Waals surface area contributed by atoms with Crippen molar-refractivity contribution >= 4 is 0 Å². The van der Waals surface area contributed by atoms with Gasteiger partial charge in [0.2, 0.25) is 0 Å². The van der Waals surface area contributed by atoms with E-state index in [0.717, 1.165) is 5.92 Å². The highest BCUT2D eigenvalue weighted by molar-refractivity contribution is 4.91. The van der Waals surface area contributed by atoms with Gasteiger partial charge in [-0.25, -0.2) is 0 Å². The first-order valence-electron chi connectivity index (χ1n) is 7.59. The summed E-state index contributed by atoms with van der Waals surface area (Å²) in [7, 11) is 0. The summed E-state index contributed by atoms with van der Waals surface area (Å²) in [6.45, 7) is 14.3. The maximum Gasteiger partial charge on any atom is 0.0351 e. The van der Waals surface area contributed by atoms with E-state index in [4.69, 9.17) is 0 Å². The van der Waals surface area contributed by atoms with Gasteiger partial charge in [0.05, 0.1) is 0 Å². The minimum Gasteiger partial charge on any atom is -0.374 e. The topological polar surface area (TPSA) is 9.72 Å². The molecule has 1 fully saturated rings. The van der Waals surface area contributed by atoms with E-state index in [0.29, 0.717) is 6.04 Å². The molecule has 0 saturated carbocycles. The van der Waals surface area contributed by atoms with Crippen LogP contribution in [-0.4, -0.2) is 60.0 Å². The summed E-state index contributed by atoms with van der Waals surface area (Å²) >= 11 is 0. The van der Waals surface area contributed by atoms with Gasteiger partial charge in [-0.15, -0.1) is 0 Å². The first-order valence-corrected chi connectivity index (χ1v) is 7.59. The molecule has 2 aliphatic heterocycles. The summed E-state index contributed by atoms with van der Waals surface area (Å²) in [6, 6.07) is 0.635. The van der Waals surface area contributed by atoms with Gasteiger partial charge in [0.1, 0.15) is 0 Å². The van der Waals surface area contributed by atoms with Crippen molar-refractivity contribution in [1.82, 2.24) is 14.7 Å². The Balaban J connectivity index is 1.73. The van der Waals surface area contributed by atoms with Gasteiger partial charge in [-0.1, -0.05) is 6.92 Å². The van der Waals surface area contributed by atoms with Crippen LogP contribution in [0.3, 0.4) is 0 Å². The van der Waals surface area contributed by atoms with Crippen molar-refractivity contribution in [3.63, 3.8) is 0 Å². The van der Waals surface area contributed by atoms with Crippen molar-refractivity contribution in [3.05, 3.63) is 12.4 Å². The molecular formula is C15H29N3. The Kier molecular flexibility index (Phi) is 4.93. The first-order chi connectivity index (χ1) is 8.69. The molecule has 104 valence electrons. The number of hydrogen-bond acceptors (Lipinski definition) is 3. The minimum atomic E-state index is 0.635.